The molecule has 0 aromatic carbocycles. The van der Waals surface area contributed by atoms with Gasteiger partial charge >= 0.3 is 24.1 Å². The summed E-state index contributed by atoms with van der Waals surface area (Å²) in [7, 11) is 0. The summed E-state index contributed by atoms with van der Waals surface area (Å²) >= 11 is 0. The van der Waals surface area contributed by atoms with Gasteiger partial charge in [0.25, 0.3) is 0 Å². The lowest BCUT2D eigenvalue weighted by Gasteiger charge is -2.27. The van der Waals surface area contributed by atoms with Crippen LogP contribution in [0.1, 0.15) is 26.2 Å². The fraction of sp³-hybridized carbons (Fsp3) is 0.818. The van der Waals surface area contributed by atoms with Crippen LogP contribution in [0, 0.1) is 0 Å². The monoisotopic (exact) mass is 368 g/mol. The summed E-state index contributed by atoms with van der Waals surface area (Å²) < 4.78 is 141. The summed E-state index contributed by atoms with van der Waals surface area (Å²) in [6.45, 7) is 0.668. The molecular formula is C11H11F11O. The Hall–Kier alpha value is -1.07. The first-order valence-electron chi connectivity index (χ1n) is 6.03. The van der Waals surface area contributed by atoms with Gasteiger partial charge in [0, 0.05) is 0 Å². The maximum Gasteiger partial charge on any atom is 0.460 e. The molecule has 0 fully saturated rings. The van der Waals surface area contributed by atoms with Crippen molar-refractivity contribution in [2.75, 3.05) is 6.61 Å². The van der Waals surface area contributed by atoms with Crippen LogP contribution in [0.15, 0.2) is 11.7 Å². The van der Waals surface area contributed by atoms with Crippen molar-refractivity contribution in [3.05, 3.63) is 11.7 Å². The van der Waals surface area contributed by atoms with Crippen LogP contribution in [0.5, 0.6) is 0 Å². The molecule has 0 atom stereocenters. The Balaban J connectivity index is 5.49. The lowest BCUT2D eigenvalue weighted by molar-refractivity contribution is -0.349. The zero-order valence-electron chi connectivity index (χ0n) is 11.4. The Labute approximate surface area is 123 Å². The summed E-state index contributed by atoms with van der Waals surface area (Å²) in [5.41, 5.74) is 0. The molecule has 12 heteroatoms. The minimum atomic E-state index is -7.10. The van der Waals surface area contributed by atoms with E-state index in [1.807, 2.05) is 0 Å². The summed E-state index contributed by atoms with van der Waals surface area (Å²) in [4.78, 5) is 0. The minimum absolute atomic E-state index is 0.129. The highest BCUT2D eigenvalue weighted by Crippen LogP contribution is 2.52. The van der Waals surface area contributed by atoms with Crippen molar-refractivity contribution < 1.29 is 53.0 Å². The Kier molecular flexibility index (Phi) is 6.89. The SMILES string of the molecule is CCCCCOC(F)(F)C(F)=C(F)C(F)(F)C(F)(F)C(F)(F)F. The van der Waals surface area contributed by atoms with Gasteiger partial charge in [-0.15, -0.1) is 0 Å². The highest BCUT2D eigenvalue weighted by atomic mass is 19.4. The van der Waals surface area contributed by atoms with Crippen molar-refractivity contribution in [3.8, 4) is 0 Å². The van der Waals surface area contributed by atoms with E-state index < -0.39 is 42.4 Å². The Morgan fingerprint density at radius 2 is 1.26 bits per heavy atom. The van der Waals surface area contributed by atoms with Crippen molar-refractivity contribution in [3.63, 3.8) is 0 Å². The third-order valence-corrected chi connectivity index (χ3v) is 2.51. The molecule has 0 N–H and O–H groups in total. The Morgan fingerprint density at radius 1 is 0.783 bits per heavy atom. The van der Waals surface area contributed by atoms with Gasteiger partial charge in [-0.05, 0) is 6.42 Å². The summed E-state index contributed by atoms with van der Waals surface area (Å²) in [5, 5.41) is 0. The van der Waals surface area contributed by atoms with E-state index in [9.17, 15) is 48.3 Å². The summed E-state index contributed by atoms with van der Waals surface area (Å²) in [6, 6.07) is 0. The van der Waals surface area contributed by atoms with Crippen LogP contribution in [-0.4, -0.2) is 30.7 Å². The van der Waals surface area contributed by atoms with Crippen molar-refractivity contribution in [1.29, 1.82) is 0 Å². The minimum Gasteiger partial charge on any atom is -0.315 e. The first-order chi connectivity index (χ1) is 10.1. The Morgan fingerprint density at radius 3 is 1.65 bits per heavy atom. The van der Waals surface area contributed by atoms with Crippen molar-refractivity contribution >= 4 is 0 Å². The van der Waals surface area contributed by atoms with Gasteiger partial charge in [0.1, 0.15) is 0 Å². The zero-order chi connectivity index (χ0) is 18.7. The molecule has 0 bridgehead atoms. The molecule has 0 rings (SSSR count). The van der Waals surface area contributed by atoms with Gasteiger partial charge in [-0.3, -0.25) is 0 Å². The Bertz CT molecular complexity index is 424. The molecule has 0 unspecified atom stereocenters. The van der Waals surface area contributed by atoms with Crippen LogP contribution in [0.4, 0.5) is 48.3 Å². The maximum atomic E-state index is 13.0. The third kappa shape index (κ3) is 4.70. The van der Waals surface area contributed by atoms with E-state index in [4.69, 9.17) is 0 Å². The van der Waals surface area contributed by atoms with Gasteiger partial charge in [-0.1, -0.05) is 19.8 Å². The molecule has 23 heavy (non-hydrogen) atoms. The number of rotatable bonds is 8. The van der Waals surface area contributed by atoms with E-state index in [2.05, 4.69) is 4.74 Å². The summed E-state index contributed by atoms with van der Waals surface area (Å²) in [5.74, 6) is -22.1. The molecule has 138 valence electrons. The quantitative estimate of drug-likeness (QED) is 0.390. The molecule has 0 aliphatic heterocycles. The van der Waals surface area contributed by atoms with Gasteiger partial charge in [0.15, 0.2) is 0 Å². The molecular weight excluding hydrogens is 357 g/mol. The predicted octanol–water partition coefficient (Wildman–Crippen LogP) is 5.77. The molecule has 0 heterocycles. The van der Waals surface area contributed by atoms with E-state index in [1.54, 1.807) is 6.92 Å². The second-order valence-electron chi connectivity index (χ2n) is 4.35. The highest BCUT2D eigenvalue weighted by Gasteiger charge is 2.76. The average Bonchev–Trinajstić information content (AvgIpc) is 2.40. The fourth-order valence-electron chi connectivity index (χ4n) is 1.20. The normalized spacial score (nSPS) is 15.7. The smallest absolute Gasteiger partial charge is 0.315 e. The van der Waals surface area contributed by atoms with Crippen molar-refractivity contribution in [2.24, 2.45) is 0 Å². The maximum absolute atomic E-state index is 13.0. The van der Waals surface area contributed by atoms with Crippen LogP contribution in [0.2, 0.25) is 0 Å². The first-order valence-corrected chi connectivity index (χ1v) is 6.03. The molecule has 1 nitrogen and oxygen atoms in total. The first kappa shape index (κ1) is 21.9. The number of unbranched alkanes of at least 4 members (excludes halogenated alkanes) is 2. The summed E-state index contributed by atoms with van der Waals surface area (Å²) in [6.07, 6.45) is -11.8. The molecule has 0 aliphatic carbocycles. The van der Waals surface area contributed by atoms with Gasteiger partial charge < -0.3 is 4.74 Å². The molecule has 0 saturated carbocycles. The van der Waals surface area contributed by atoms with E-state index in [-0.39, 0.29) is 12.8 Å². The van der Waals surface area contributed by atoms with Crippen LogP contribution < -0.4 is 0 Å². The average molecular weight is 368 g/mol. The molecule has 0 radical (unpaired) electrons. The second kappa shape index (κ2) is 7.22. The van der Waals surface area contributed by atoms with Crippen LogP contribution in [0.25, 0.3) is 0 Å². The lowest BCUT2D eigenvalue weighted by Crippen LogP contribution is -2.53. The standard InChI is InChI=1S/C11H11F11O/c1-2-3-4-5-23-9(16,17)7(13)6(12)8(14,15)10(18,19)11(20,21)22/h2-5H2,1H3. The van der Waals surface area contributed by atoms with Crippen LogP contribution in [-0.2, 0) is 4.74 Å². The number of allylic oxidation sites excluding steroid dienone is 1. The van der Waals surface area contributed by atoms with Crippen molar-refractivity contribution in [1.82, 2.24) is 0 Å². The molecule has 0 aliphatic rings. The number of ether oxygens (including phenoxy) is 1. The number of halogens is 11. The molecule has 0 amide bonds. The van der Waals surface area contributed by atoms with Gasteiger partial charge in [0.05, 0.1) is 6.61 Å². The molecule has 0 aromatic heterocycles. The van der Waals surface area contributed by atoms with E-state index >= 15 is 0 Å². The topological polar surface area (TPSA) is 9.23 Å². The fourth-order valence-corrected chi connectivity index (χ4v) is 1.20. The van der Waals surface area contributed by atoms with E-state index in [0.29, 0.717) is 6.42 Å². The molecule has 0 aromatic rings. The number of hydrogen-bond acceptors (Lipinski definition) is 1. The lowest BCUT2D eigenvalue weighted by atomic mass is 10.1. The van der Waals surface area contributed by atoms with Gasteiger partial charge in [-0.2, -0.15) is 43.9 Å². The van der Waals surface area contributed by atoms with E-state index in [0.717, 1.165) is 0 Å². The predicted molar refractivity (Wildman–Crippen MR) is 55.6 cm³/mol. The highest BCUT2D eigenvalue weighted by molar-refractivity contribution is 5.19. The largest absolute Gasteiger partial charge is 0.460 e. The van der Waals surface area contributed by atoms with Gasteiger partial charge in [-0.25, -0.2) is 4.39 Å². The van der Waals surface area contributed by atoms with Crippen LogP contribution >= 0.6 is 0 Å². The number of hydrogen-bond donors (Lipinski definition) is 0. The third-order valence-electron chi connectivity index (χ3n) is 2.51. The zero-order valence-corrected chi connectivity index (χ0v) is 11.4. The molecule has 0 spiro atoms. The van der Waals surface area contributed by atoms with Crippen LogP contribution in [0.3, 0.4) is 0 Å². The number of alkyl halides is 9. The second-order valence-corrected chi connectivity index (χ2v) is 4.35. The van der Waals surface area contributed by atoms with Gasteiger partial charge in [0.2, 0.25) is 11.7 Å². The molecule has 0 saturated heterocycles. The van der Waals surface area contributed by atoms with Crippen molar-refractivity contribution in [2.45, 2.75) is 50.3 Å². The van der Waals surface area contributed by atoms with E-state index in [1.165, 1.54) is 0 Å².